The van der Waals surface area contributed by atoms with Crippen molar-refractivity contribution >= 4 is 5.78 Å². The van der Waals surface area contributed by atoms with Gasteiger partial charge in [0.05, 0.1) is 0 Å². The van der Waals surface area contributed by atoms with Crippen LogP contribution in [-0.2, 0) is 9.53 Å². The number of Topliss-reactive ketones (excluding diaryl/α,β-unsaturated/α-hetero) is 1. The van der Waals surface area contributed by atoms with Crippen LogP contribution in [0.2, 0.25) is 0 Å². The van der Waals surface area contributed by atoms with Crippen molar-refractivity contribution < 1.29 is 9.53 Å². The molecule has 80 valence electrons. The van der Waals surface area contributed by atoms with Crippen LogP contribution in [0.4, 0.5) is 0 Å². The van der Waals surface area contributed by atoms with Crippen LogP contribution in [0.25, 0.3) is 0 Å². The Morgan fingerprint density at radius 3 is 2.86 bits per heavy atom. The summed E-state index contributed by atoms with van der Waals surface area (Å²) in [5.41, 5.74) is 0.104. The summed E-state index contributed by atoms with van der Waals surface area (Å²) in [5, 5.41) is 0. The lowest BCUT2D eigenvalue weighted by atomic mass is 9.70. The molecule has 0 spiro atoms. The van der Waals surface area contributed by atoms with Gasteiger partial charge in [-0.1, -0.05) is 33.6 Å². The zero-order valence-corrected chi connectivity index (χ0v) is 9.43. The maximum absolute atomic E-state index is 11.7. The van der Waals surface area contributed by atoms with Gasteiger partial charge in [-0.2, -0.15) is 0 Å². The van der Waals surface area contributed by atoms with Crippen molar-refractivity contribution in [2.45, 2.75) is 64.6 Å². The van der Waals surface area contributed by atoms with Crippen molar-refractivity contribution in [2.75, 3.05) is 0 Å². The molecule has 0 amide bonds. The highest BCUT2D eigenvalue weighted by atomic mass is 16.6. The van der Waals surface area contributed by atoms with Gasteiger partial charge in [0.2, 0.25) is 0 Å². The van der Waals surface area contributed by atoms with E-state index in [1.165, 1.54) is 12.8 Å². The fourth-order valence-corrected chi connectivity index (χ4v) is 2.89. The normalized spacial score (nSPS) is 39.4. The van der Waals surface area contributed by atoms with E-state index in [0.717, 1.165) is 12.8 Å². The van der Waals surface area contributed by atoms with Crippen molar-refractivity contribution in [3.05, 3.63) is 0 Å². The lowest BCUT2D eigenvalue weighted by Crippen LogP contribution is -2.36. The lowest BCUT2D eigenvalue weighted by Gasteiger charge is -2.31. The van der Waals surface area contributed by atoms with Crippen LogP contribution in [0.15, 0.2) is 0 Å². The number of ether oxygens (including phenoxy) is 1. The third-order valence-corrected chi connectivity index (χ3v) is 3.45. The molecular formula is C12H20O2. The highest BCUT2D eigenvalue weighted by Gasteiger charge is 2.64. The van der Waals surface area contributed by atoms with Gasteiger partial charge in [0, 0.05) is 6.42 Å². The van der Waals surface area contributed by atoms with Crippen molar-refractivity contribution in [3.8, 4) is 0 Å². The molecule has 0 aromatic carbocycles. The van der Waals surface area contributed by atoms with Gasteiger partial charge in [-0.05, 0) is 18.3 Å². The van der Waals surface area contributed by atoms with Gasteiger partial charge >= 0.3 is 0 Å². The minimum Gasteiger partial charge on any atom is -0.358 e. The summed E-state index contributed by atoms with van der Waals surface area (Å²) in [6, 6.07) is 0. The number of ketones is 1. The predicted molar refractivity (Wildman–Crippen MR) is 55.2 cm³/mol. The Morgan fingerprint density at radius 1 is 1.50 bits per heavy atom. The van der Waals surface area contributed by atoms with E-state index in [2.05, 4.69) is 20.8 Å². The van der Waals surface area contributed by atoms with Gasteiger partial charge < -0.3 is 4.74 Å². The van der Waals surface area contributed by atoms with Crippen molar-refractivity contribution in [1.82, 2.24) is 0 Å². The molecule has 0 aromatic heterocycles. The number of fused-ring (bicyclic) bond motifs is 1. The molecular weight excluding hydrogens is 176 g/mol. The monoisotopic (exact) mass is 196 g/mol. The lowest BCUT2D eigenvalue weighted by molar-refractivity contribution is -0.123. The molecule has 2 aliphatic rings. The summed E-state index contributed by atoms with van der Waals surface area (Å²) in [6.45, 7) is 6.54. The standard InChI is InChI=1S/C12H20O2/c1-4-5-6-12-8-11(2,3)7-9(13)10(12)14-12/h10H,4-8H2,1-3H3. The Hall–Kier alpha value is -0.370. The maximum atomic E-state index is 11.7. The van der Waals surface area contributed by atoms with E-state index in [-0.39, 0.29) is 17.1 Å². The van der Waals surface area contributed by atoms with Gasteiger partial charge in [-0.15, -0.1) is 0 Å². The number of epoxide rings is 1. The second-order valence-electron chi connectivity index (χ2n) is 5.65. The fraction of sp³-hybridized carbons (Fsp3) is 0.917. The number of carbonyl (C=O) groups excluding carboxylic acids is 1. The van der Waals surface area contributed by atoms with Crippen LogP contribution >= 0.6 is 0 Å². The third-order valence-electron chi connectivity index (χ3n) is 3.45. The van der Waals surface area contributed by atoms with Crippen LogP contribution in [0.3, 0.4) is 0 Å². The average molecular weight is 196 g/mol. The third kappa shape index (κ3) is 1.60. The van der Waals surface area contributed by atoms with Crippen molar-refractivity contribution in [1.29, 1.82) is 0 Å². The molecule has 2 atom stereocenters. The average Bonchev–Trinajstić information content (AvgIpc) is 2.74. The van der Waals surface area contributed by atoms with Crippen LogP contribution in [-0.4, -0.2) is 17.5 Å². The second-order valence-corrected chi connectivity index (χ2v) is 5.65. The fourth-order valence-electron chi connectivity index (χ4n) is 2.89. The van der Waals surface area contributed by atoms with Crippen LogP contribution in [0.1, 0.15) is 52.9 Å². The Labute approximate surface area is 86.0 Å². The molecule has 0 N–H and O–H groups in total. The smallest absolute Gasteiger partial charge is 0.165 e. The SMILES string of the molecule is CCCCC12CC(C)(C)CC(=O)C1O2. The van der Waals surface area contributed by atoms with Crippen molar-refractivity contribution in [2.24, 2.45) is 5.41 Å². The zero-order chi connectivity index (χ0) is 10.4. The molecule has 0 radical (unpaired) electrons. The summed E-state index contributed by atoms with van der Waals surface area (Å²) in [4.78, 5) is 11.7. The summed E-state index contributed by atoms with van der Waals surface area (Å²) in [7, 11) is 0. The van der Waals surface area contributed by atoms with Crippen LogP contribution < -0.4 is 0 Å². The van der Waals surface area contributed by atoms with E-state index >= 15 is 0 Å². The second kappa shape index (κ2) is 3.06. The molecule has 1 aliphatic heterocycles. The molecule has 1 saturated heterocycles. The maximum Gasteiger partial charge on any atom is 0.165 e. The quantitative estimate of drug-likeness (QED) is 0.649. The number of unbranched alkanes of at least 4 members (excludes halogenated alkanes) is 1. The molecule has 2 nitrogen and oxygen atoms in total. The summed E-state index contributed by atoms with van der Waals surface area (Å²) >= 11 is 0. The number of hydrogen-bond donors (Lipinski definition) is 0. The highest BCUT2D eigenvalue weighted by molar-refractivity contribution is 5.88. The first-order valence-electron chi connectivity index (χ1n) is 5.70. The van der Waals surface area contributed by atoms with E-state index in [1.807, 2.05) is 0 Å². The molecule has 2 heteroatoms. The number of hydrogen-bond acceptors (Lipinski definition) is 2. The van der Waals surface area contributed by atoms with Crippen LogP contribution in [0, 0.1) is 5.41 Å². The molecule has 1 aliphatic carbocycles. The van der Waals surface area contributed by atoms with Gasteiger partial charge in [0.15, 0.2) is 5.78 Å². The Bertz CT molecular complexity index is 257. The van der Waals surface area contributed by atoms with Gasteiger partial charge in [-0.3, -0.25) is 4.79 Å². The largest absolute Gasteiger partial charge is 0.358 e. The minimum atomic E-state index is -0.0468. The summed E-state index contributed by atoms with van der Waals surface area (Å²) in [5.74, 6) is 0.331. The first-order chi connectivity index (χ1) is 6.49. The van der Waals surface area contributed by atoms with E-state index in [4.69, 9.17) is 4.74 Å². The Balaban J connectivity index is 2.05. The molecule has 1 saturated carbocycles. The number of rotatable bonds is 3. The molecule has 0 bridgehead atoms. The highest BCUT2D eigenvalue weighted by Crippen LogP contribution is 2.54. The first-order valence-corrected chi connectivity index (χ1v) is 5.70. The predicted octanol–water partition coefficient (Wildman–Crippen LogP) is 2.70. The van der Waals surface area contributed by atoms with E-state index in [0.29, 0.717) is 12.2 Å². The molecule has 0 aromatic rings. The molecule has 1 heterocycles. The number of carbonyl (C=O) groups is 1. The van der Waals surface area contributed by atoms with E-state index in [1.54, 1.807) is 0 Å². The van der Waals surface area contributed by atoms with Gasteiger partial charge in [0.25, 0.3) is 0 Å². The Kier molecular flexibility index (Phi) is 2.22. The molecule has 14 heavy (non-hydrogen) atoms. The topological polar surface area (TPSA) is 29.6 Å². The molecule has 2 fully saturated rings. The summed E-state index contributed by atoms with van der Waals surface area (Å²) < 4.78 is 5.67. The molecule has 2 unspecified atom stereocenters. The Morgan fingerprint density at radius 2 is 2.21 bits per heavy atom. The summed E-state index contributed by atoms with van der Waals surface area (Å²) in [6.07, 6.45) is 5.17. The first kappa shape index (κ1) is 10.2. The zero-order valence-electron chi connectivity index (χ0n) is 9.43. The van der Waals surface area contributed by atoms with Gasteiger partial charge in [0.1, 0.15) is 11.7 Å². The minimum absolute atomic E-state index is 0.0397. The van der Waals surface area contributed by atoms with Crippen LogP contribution in [0.5, 0.6) is 0 Å². The van der Waals surface area contributed by atoms with E-state index in [9.17, 15) is 4.79 Å². The van der Waals surface area contributed by atoms with Crippen molar-refractivity contribution in [3.63, 3.8) is 0 Å². The molecule has 2 rings (SSSR count). The van der Waals surface area contributed by atoms with Gasteiger partial charge in [-0.25, -0.2) is 0 Å². The van der Waals surface area contributed by atoms with E-state index < -0.39 is 0 Å².